The van der Waals surface area contributed by atoms with Crippen LogP contribution in [0.4, 0.5) is 5.69 Å². The first-order valence-corrected chi connectivity index (χ1v) is 9.17. The van der Waals surface area contributed by atoms with Crippen molar-refractivity contribution in [3.8, 4) is 11.3 Å². The Labute approximate surface area is 171 Å². The van der Waals surface area contributed by atoms with E-state index in [1.165, 1.54) is 19.3 Å². The third-order valence-electron chi connectivity index (χ3n) is 4.42. The van der Waals surface area contributed by atoms with Gasteiger partial charge in [-0.2, -0.15) is 5.10 Å². The maximum atomic E-state index is 12.9. The molecule has 2 heterocycles. The lowest BCUT2D eigenvalue weighted by Gasteiger charge is -2.10. The number of benzene rings is 2. The van der Waals surface area contributed by atoms with Crippen LogP contribution in [0, 0.1) is 0 Å². The molecule has 0 aliphatic carbocycles. The number of fused-ring (bicyclic) bond motifs is 1. The van der Waals surface area contributed by atoms with E-state index in [0.29, 0.717) is 21.9 Å². The molecule has 2 amide bonds. The van der Waals surface area contributed by atoms with E-state index in [1.54, 1.807) is 22.8 Å². The topological polar surface area (TPSA) is 88.4 Å². The fraction of sp³-hybridized carbons (Fsp3) is 0.0476. The monoisotopic (exact) mass is 405 g/mol. The van der Waals surface area contributed by atoms with Gasteiger partial charge in [0.05, 0.1) is 23.1 Å². The van der Waals surface area contributed by atoms with Crippen LogP contribution in [-0.2, 0) is 0 Å². The first-order chi connectivity index (χ1) is 14.1. The molecule has 0 fully saturated rings. The van der Waals surface area contributed by atoms with Gasteiger partial charge in [0.2, 0.25) is 0 Å². The molecule has 0 aliphatic rings. The number of aromatic nitrogens is 3. The van der Waals surface area contributed by atoms with E-state index in [4.69, 9.17) is 11.6 Å². The van der Waals surface area contributed by atoms with Gasteiger partial charge in [0.15, 0.2) is 5.65 Å². The normalized spacial score (nSPS) is 10.7. The second-order valence-corrected chi connectivity index (χ2v) is 6.65. The van der Waals surface area contributed by atoms with Gasteiger partial charge in [0, 0.05) is 23.8 Å². The highest BCUT2D eigenvalue weighted by Crippen LogP contribution is 2.24. The molecule has 0 bridgehead atoms. The van der Waals surface area contributed by atoms with Crippen LogP contribution in [-0.4, -0.2) is 33.5 Å². The quantitative estimate of drug-likeness (QED) is 0.542. The standard InChI is InChI=1S/C21H16ClN5O2/c1-23-20(28)15-8-7-14(22)11-17(15)26-21(29)16-12-25-27-18(9-10-24-19(16)27)13-5-3-2-4-6-13/h2-12H,1H3,(H,23,28)(H,26,29). The van der Waals surface area contributed by atoms with Crippen molar-refractivity contribution < 1.29 is 9.59 Å². The van der Waals surface area contributed by atoms with Crippen LogP contribution in [0.25, 0.3) is 16.9 Å². The highest BCUT2D eigenvalue weighted by Gasteiger charge is 2.19. The van der Waals surface area contributed by atoms with Crippen molar-refractivity contribution in [1.29, 1.82) is 0 Å². The third kappa shape index (κ3) is 3.55. The molecule has 0 saturated heterocycles. The Hall–Kier alpha value is -3.71. The Morgan fingerprint density at radius 3 is 2.55 bits per heavy atom. The Balaban J connectivity index is 1.73. The summed E-state index contributed by atoms with van der Waals surface area (Å²) >= 11 is 6.04. The summed E-state index contributed by atoms with van der Waals surface area (Å²) in [5.41, 5.74) is 3.06. The van der Waals surface area contributed by atoms with Gasteiger partial charge in [0.25, 0.3) is 11.8 Å². The van der Waals surface area contributed by atoms with Crippen LogP contribution in [0.5, 0.6) is 0 Å². The predicted octanol–water partition coefficient (Wildman–Crippen LogP) is 3.66. The number of amides is 2. The SMILES string of the molecule is CNC(=O)c1ccc(Cl)cc1NC(=O)c1cnn2c(-c3ccccc3)ccnc12. The summed E-state index contributed by atoms with van der Waals surface area (Å²) in [5, 5.41) is 10.0. The average molecular weight is 406 g/mol. The molecule has 0 unspecified atom stereocenters. The van der Waals surface area contributed by atoms with Gasteiger partial charge in [-0.15, -0.1) is 0 Å². The molecule has 4 rings (SSSR count). The molecule has 2 aromatic carbocycles. The summed E-state index contributed by atoms with van der Waals surface area (Å²) < 4.78 is 1.61. The molecule has 0 aliphatic heterocycles. The van der Waals surface area contributed by atoms with Crippen molar-refractivity contribution in [1.82, 2.24) is 19.9 Å². The van der Waals surface area contributed by atoms with E-state index in [-0.39, 0.29) is 11.5 Å². The van der Waals surface area contributed by atoms with Crippen LogP contribution in [0.2, 0.25) is 5.02 Å². The Bertz CT molecular complexity index is 1220. The lowest BCUT2D eigenvalue weighted by molar-refractivity contribution is 0.0964. The lowest BCUT2D eigenvalue weighted by atomic mass is 10.1. The van der Waals surface area contributed by atoms with Gasteiger partial charge < -0.3 is 10.6 Å². The minimum atomic E-state index is -0.440. The zero-order valence-electron chi connectivity index (χ0n) is 15.4. The van der Waals surface area contributed by atoms with Crippen molar-refractivity contribution in [3.05, 3.63) is 83.1 Å². The van der Waals surface area contributed by atoms with Crippen molar-refractivity contribution in [2.24, 2.45) is 0 Å². The molecular weight excluding hydrogens is 390 g/mol. The van der Waals surface area contributed by atoms with Crippen molar-refractivity contribution in [2.45, 2.75) is 0 Å². The van der Waals surface area contributed by atoms with E-state index in [1.807, 2.05) is 36.4 Å². The molecule has 2 N–H and O–H groups in total. The number of nitrogens with one attached hydrogen (secondary N) is 2. The number of anilines is 1. The van der Waals surface area contributed by atoms with Gasteiger partial charge in [-0.3, -0.25) is 9.59 Å². The summed E-state index contributed by atoms with van der Waals surface area (Å²) in [6.07, 6.45) is 3.08. The Kier molecular flexibility index (Phi) is 4.97. The first kappa shape index (κ1) is 18.6. The molecule has 7 nitrogen and oxygen atoms in total. The van der Waals surface area contributed by atoms with Crippen molar-refractivity contribution in [2.75, 3.05) is 12.4 Å². The van der Waals surface area contributed by atoms with E-state index in [2.05, 4.69) is 20.7 Å². The summed E-state index contributed by atoms with van der Waals surface area (Å²) in [5.74, 6) is -0.772. The fourth-order valence-corrected chi connectivity index (χ4v) is 3.19. The molecule has 144 valence electrons. The summed E-state index contributed by atoms with van der Waals surface area (Å²) in [7, 11) is 1.52. The number of nitrogens with zero attached hydrogens (tertiary/aromatic N) is 3. The average Bonchev–Trinajstić information content (AvgIpc) is 3.18. The van der Waals surface area contributed by atoms with Gasteiger partial charge in [-0.05, 0) is 24.3 Å². The third-order valence-corrected chi connectivity index (χ3v) is 4.65. The summed E-state index contributed by atoms with van der Waals surface area (Å²) in [6, 6.07) is 16.2. The lowest BCUT2D eigenvalue weighted by Crippen LogP contribution is -2.21. The predicted molar refractivity (Wildman–Crippen MR) is 111 cm³/mol. The number of rotatable bonds is 4. The van der Waals surface area contributed by atoms with Crippen LogP contribution in [0.15, 0.2) is 67.0 Å². The van der Waals surface area contributed by atoms with Crippen LogP contribution >= 0.6 is 11.6 Å². The smallest absolute Gasteiger partial charge is 0.261 e. The number of carbonyl (C=O) groups is 2. The molecule has 0 radical (unpaired) electrons. The first-order valence-electron chi connectivity index (χ1n) is 8.79. The van der Waals surface area contributed by atoms with Crippen LogP contribution in [0.3, 0.4) is 0 Å². The van der Waals surface area contributed by atoms with Gasteiger partial charge >= 0.3 is 0 Å². The maximum Gasteiger partial charge on any atom is 0.261 e. The van der Waals surface area contributed by atoms with Gasteiger partial charge in [0.1, 0.15) is 5.56 Å². The fourth-order valence-electron chi connectivity index (χ4n) is 3.02. The molecular formula is C21H16ClN5O2. The maximum absolute atomic E-state index is 12.9. The van der Waals surface area contributed by atoms with Gasteiger partial charge in [-0.25, -0.2) is 9.50 Å². The van der Waals surface area contributed by atoms with Crippen molar-refractivity contribution in [3.63, 3.8) is 0 Å². The molecule has 0 saturated carbocycles. The second-order valence-electron chi connectivity index (χ2n) is 6.21. The minimum Gasteiger partial charge on any atom is -0.355 e. The van der Waals surface area contributed by atoms with E-state index >= 15 is 0 Å². The Morgan fingerprint density at radius 2 is 1.79 bits per heavy atom. The number of hydrogen-bond acceptors (Lipinski definition) is 4. The van der Waals surface area contributed by atoms with E-state index < -0.39 is 5.91 Å². The number of carbonyl (C=O) groups excluding carboxylic acids is 2. The highest BCUT2D eigenvalue weighted by atomic mass is 35.5. The molecule has 2 aromatic heterocycles. The summed E-state index contributed by atoms with van der Waals surface area (Å²) in [6.45, 7) is 0. The minimum absolute atomic E-state index is 0.283. The number of hydrogen-bond donors (Lipinski definition) is 2. The summed E-state index contributed by atoms with van der Waals surface area (Å²) in [4.78, 5) is 29.3. The molecule has 0 spiro atoms. The van der Waals surface area contributed by atoms with Crippen LogP contribution < -0.4 is 10.6 Å². The van der Waals surface area contributed by atoms with E-state index in [0.717, 1.165) is 11.3 Å². The van der Waals surface area contributed by atoms with Crippen LogP contribution in [0.1, 0.15) is 20.7 Å². The highest BCUT2D eigenvalue weighted by molar-refractivity contribution is 6.31. The Morgan fingerprint density at radius 1 is 1.00 bits per heavy atom. The second kappa shape index (κ2) is 7.73. The molecule has 0 atom stereocenters. The molecule has 29 heavy (non-hydrogen) atoms. The van der Waals surface area contributed by atoms with Gasteiger partial charge in [-0.1, -0.05) is 41.9 Å². The van der Waals surface area contributed by atoms with E-state index in [9.17, 15) is 9.59 Å². The zero-order chi connectivity index (χ0) is 20.4. The zero-order valence-corrected chi connectivity index (χ0v) is 16.1. The largest absolute Gasteiger partial charge is 0.355 e. The molecule has 4 aromatic rings. The van der Waals surface area contributed by atoms with Crippen molar-refractivity contribution >= 4 is 34.7 Å². The number of halogens is 1. The molecule has 8 heteroatoms.